The number of hydrogen-bond acceptors (Lipinski definition) is 5. The van der Waals surface area contributed by atoms with Crippen LogP contribution >= 0.6 is 0 Å². The number of anilines is 1. The molecule has 2 rings (SSSR count). The molecule has 1 unspecified atom stereocenters. The number of aryl methyl sites for hydroxylation is 1. The Balaban J connectivity index is 2.19. The third kappa shape index (κ3) is 8.28. The van der Waals surface area contributed by atoms with Crippen molar-refractivity contribution in [2.75, 3.05) is 30.8 Å². The van der Waals surface area contributed by atoms with E-state index in [2.05, 4.69) is 5.32 Å². The van der Waals surface area contributed by atoms with Gasteiger partial charge in [-0.3, -0.25) is 13.9 Å². The van der Waals surface area contributed by atoms with Crippen LogP contribution in [-0.2, 0) is 26.2 Å². The zero-order valence-corrected chi connectivity index (χ0v) is 22.1. The molecule has 0 bridgehead atoms. The fourth-order valence-electron chi connectivity index (χ4n) is 3.85. The number of benzene rings is 2. The predicted octanol–water partition coefficient (Wildman–Crippen LogP) is 3.49. The van der Waals surface area contributed by atoms with Gasteiger partial charge in [-0.1, -0.05) is 36.8 Å². The average molecular weight is 504 g/mol. The second kappa shape index (κ2) is 13.1. The summed E-state index contributed by atoms with van der Waals surface area (Å²) in [5.41, 5.74) is 2.47. The van der Waals surface area contributed by atoms with E-state index in [0.717, 1.165) is 17.4 Å². The zero-order valence-electron chi connectivity index (χ0n) is 21.3. The molecule has 0 aliphatic rings. The normalized spacial score (nSPS) is 12.0. The Hall–Kier alpha value is -3.07. The van der Waals surface area contributed by atoms with Gasteiger partial charge in [0.1, 0.15) is 11.8 Å². The number of carbonyl (C=O) groups excluding carboxylic acids is 2. The molecule has 0 fully saturated rings. The first-order valence-corrected chi connectivity index (χ1v) is 13.7. The first-order valence-electron chi connectivity index (χ1n) is 11.8. The van der Waals surface area contributed by atoms with Gasteiger partial charge in [0.25, 0.3) is 0 Å². The van der Waals surface area contributed by atoms with Crippen LogP contribution in [-0.4, -0.2) is 57.6 Å². The molecule has 0 saturated heterocycles. The fraction of sp³-hybridized carbons (Fsp3) is 0.462. The summed E-state index contributed by atoms with van der Waals surface area (Å²) in [7, 11) is -1.93. The second-order valence-electron chi connectivity index (χ2n) is 8.46. The summed E-state index contributed by atoms with van der Waals surface area (Å²) in [6, 6.07) is 14.0. The Morgan fingerprint density at radius 1 is 1.03 bits per heavy atom. The number of amides is 2. The van der Waals surface area contributed by atoms with Crippen molar-refractivity contribution in [1.29, 1.82) is 0 Å². The molecule has 0 saturated carbocycles. The van der Waals surface area contributed by atoms with Gasteiger partial charge < -0.3 is 15.0 Å². The maximum atomic E-state index is 13.3. The molecule has 35 heavy (non-hydrogen) atoms. The molecule has 2 amide bonds. The molecule has 9 heteroatoms. The van der Waals surface area contributed by atoms with Crippen LogP contribution in [0.5, 0.6) is 5.75 Å². The highest BCUT2D eigenvalue weighted by Gasteiger charge is 2.28. The molecule has 0 aliphatic carbocycles. The molecule has 192 valence electrons. The lowest BCUT2D eigenvalue weighted by atomic mass is 10.1. The van der Waals surface area contributed by atoms with Crippen molar-refractivity contribution < 1.29 is 22.7 Å². The molecular weight excluding hydrogens is 466 g/mol. The summed E-state index contributed by atoms with van der Waals surface area (Å²) < 4.78 is 31.3. The maximum absolute atomic E-state index is 13.3. The minimum atomic E-state index is -3.51. The minimum absolute atomic E-state index is 0.115. The number of rotatable bonds is 13. The van der Waals surface area contributed by atoms with Crippen LogP contribution in [0, 0.1) is 6.92 Å². The van der Waals surface area contributed by atoms with Crippen LogP contribution in [0.1, 0.15) is 44.2 Å². The molecule has 0 heterocycles. The molecular formula is C26H37N3O5S. The highest BCUT2D eigenvalue weighted by Crippen LogP contribution is 2.21. The van der Waals surface area contributed by atoms with E-state index in [-0.39, 0.29) is 31.3 Å². The number of nitrogens with zero attached hydrogens (tertiary/aromatic N) is 2. The van der Waals surface area contributed by atoms with E-state index in [1.54, 1.807) is 24.1 Å². The minimum Gasteiger partial charge on any atom is -0.497 e. The van der Waals surface area contributed by atoms with E-state index >= 15 is 0 Å². The molecule has 2 aromatic carbocycles. The van der Waals surface area contributed by atoms with Crippen molar-refractivity contribution in [2.24, 2.45) is 0 Å². The maximum Gasteiger partial charge on any atom is 0.242 e. The van der Waals surface area contributed by atoms with Gasteiger partial charge in [-0.05, 0) is 56.5 Å². The summed E-state index contributed by atoms with van der Waals surface area (Å²) in [5.74, 6) is 0.310. The number of methoxy groups -OCH3 is 1. The molecule has 2 aromatic rings. The Morgan fingerprint density at radius 2 is 1.66 bits per heavy atom. The molecule has 1 atom stereocenters. The predicted molar refractivity (Wildman–Crippen MR) is 139 cm³/mol. The smallest absolute Gasteiger partial charge is 0.242 e. The van der Waals surface area contributed by atoms with Crippen molar-refractivity contribution in [1.82, 2.24) is 10.2 Å². The summed E-state index contributed by atoms with van der Waals surface area (Å²) >= 11 is 0. The lowest BCUT2D eigenvalue weighted by molar-refractivity contribution is -0.141. The summed E-state index contributed by atoms with van der Waals surface area (Å²) in [5, 5.41) is 2.82. The standard InChI is InChI=1S/C26H37N3O5S/c1-6-24(26(31)27-7-2)28(19-21-12-16-23(34-4)17-13-21)25(30)9-8-18-29(35(5,32)33)22-14-10-20(3)11-15-22/h10-17,24H,6-9,18-19H2,1-5H3,(H,27,31). The molecule has 0 aliphatic heterocycles. The van der Waals surface area contributed by atoms with Gasteiger partial charge in [-0.15, -0.1) is 0 Å². The van der Waals surface area contributed by atoms with Crippen LogP contribution in [0.3, 0.4) is 0 Å². The van der Waals surface area contributed by atoms with Crippen LogP contribution in [0.15, 0.2) is 48.5 Å². The Bertz CT molecular complexity index is 1070. The van der Waals surface area contributed by atoms with Gasteiger partial charge in [-0.25, -0.2) is 8.42 Å². The van der Waals surface area contributed by atoms with Gasteiger partial charge >= 0.3 is 0 Å². The van der Waals surface area contributed by atoms with Gasteiger partial charge in [0, 0.05) is 26.1 Å². The Labute approximate surface area is 209 Å². The van der Waals surface area contributed by atoms with Crippen molar-refractivity contribution in [3.05, 3.63) is 59.7 Å². The van der Waals surface area contributed by atoms with Gasteiger partial charge in [0.15, 0.2) is 0 Å². The van der Waals surface area contributed by atoms with Gasteiger partial charge in [0.05, 0.1) is 19.1 Å². The zero-order chi connectivity index (χ0) is 26.0. The van der Waals surface area contributed by atoms with E-state index in [1.165, 1.54) is 4.31 Å². The number of carbonyl (C=O) groups is 2. The van der Waals surface area contributed by atoms with Crippen LogP contribution < -0.4 is 14.4 Å². The highest BCUT2D eigenvalue weighted by atomic mass is 32.2. The number of ether oxygens (including phenoxy) is 1. The average Bonchev–Trinajstić information content (AvgIpc) is 2.82. The van der Waals surface area contributed by atoms with Crippen molar-refractivity contribution in [3.8, 4) is 5.75 Å². The van der Waals surface area contributed by atoms with E-state index in [0.29, 0.717) is 30.8 Å². The topological polar surface area (TPSA) is 96.0 Å². The third-order valence-corrected chi connectivity index (χ3v) is 6.92. The quantitative estimate of drug-likeness (QED) is 0.451. The number of nitrogens with one attached hydrogen (secondary N) is 1. The van der Waals surface area contributed by atoms with E-state index in [9.17, 15) is 18.0 Å². The number of likely N-dealkylation sites (N-methyl/N-ethyl adjacent to an activating group) is 1. The number of hydrogen-bond donors (Lipinski definition) is 1. The van der Waals surface area contributed by atoms with Crippen molar-refractivity contribution >= 4 is 27.5 Å². The van der Waals surface area contributed by atoms with E-state index in [4.69, 9.17) is 4.74 Å². The van der Waals surface area contributed by atoms with Gasteiger partial charge in [-0.2, -0.15) is 0 Å². The summed E-state index contributed by atoms with van der Waals surface area (Å²) in [6.07, 6.45) is 2.06. The summed E-state index contributed by atoms with van der Waals surface area (Å²) in [6.45, 7) is 6.56. The Kier molecular flexibility index (Phi) is 10.6. The highest BCUT2D eigenvalue weighted by molar-refractivity contribution is 7.92. The van der Waals surface area contributed by atoms with Crippen molar-refractivity contribution in [3.63, 3.8) is 0 Å². The first kappa shape index (κ1) is 28.2. The lowest BCUT2D eigenvalue weighted by Crippen LogP contribution is -2.49. The molecule has 0 aromatic heterocycles. The van der Waals surface area contributed by atoms with Gasteiger partial charge in [0.2, 0.25) is 21.8 Å². The third-order valence-electron chi connectivity index (χ3n) is 5.72. The molecule has 0 spiro atoms. The molecule has 1 N–H and O–H groups in total. The largest absolute Gasteiger partial charge is 0.497 e. The first-order chi connectivity index (χ1) is 16.6. The second-order valence-corrected chi connectivity index (χ2v) is 10.4. The van der Waals surface area contributed by atoms with Crippen molar-refractivity contribution in [2.45, 2.75) is 52.6 Å². The Morgan fingerprint density at radius 3 is 2.17 bits per heavy atom. The van der Waals surface area contributed by atoms with E-state index in [1.807, 2.05) is 57.2 Å². The van der Waals surface area contributed by atoms with Crippen LogP contribution in [0.4, 0.5) is 5.69 Å². The SMILES string of the molecule is CCNC(=O)C(CC)N(Cc1ccc(OC)cc1)C(=O)CCCN(c1ccc(C)cc1)S(C)(=O)=O. The van der Waals surface area contributed by atoms with Crippen LogP contribution in [0.2, 0.25) is 0 Å². The lowest BCUT2D eigenvalue weighted by Gasteiger charge is -2.31. The fourth-order valence-corrected chi connectivity index (χ4v) is 4.82. The number of sulfonamides is 1. The van der Waals surface area contributed by atoms with Crippen LogP contribution in [0.25, 0.3) is 0 Å². The molecule has 8 nitrogen and oxygen atoms in total. The summed E-state index contributed by atoms with van der Waals surface area (Å²) in [4.78, 5) is 27.7. The molecule has 0 radical (unpaired) electrons. The monoisotopic (exact) mass is 503 g/mol. The van der Waals surface area contributed by atoms with E-state index < -0.39 is 16.1 Å².